The lowest BCUT2D eigenvalue weighted by Crippen LogP contribution is -2.34. The minimum atomic E-state index is -0.388. The number of halogens is 1. The average Bonchev–Trinajstić information content (AvgIpc) is 2.57. The van der Waals surface area contributed by atoms with Crippen LogP contribution in [0, 0.1) is 5.82 Å². The fraction of sp³-hybridized carbons (Fsp3) is 0.455. The largest absolute Gasteiger partial charge is 0.453 e. The molecule has 2 N–H and O–H groups in total. The van der Waals surface area contributed by atoms with E-state index in [1.54, 1.807) is 6.07 Å². The normalized spacial score (nSPS) is 14.4. The van der Waals surface area contributed by atoms with Gasteiger partial charge in [-0.15, -0.1) is 0 Å². The van der Waals surface area contributed by atoms with Crippen LogP contribution in [0.2, 0.25) is 0 Å². The van der Waals surface area contributed by atoms with Crippen LogP contribution in [0.25, 0.3) is 0 Å². The Morgan fingerprint density at radius 2 is 2.00 bits per heavy atom. The second kappa shape index (κ2) is 3.38. The van der Waals surface area contributed by atoms with Gasteiger partial charge in [-0.05, 0) is 26.3 Å². The zero-order valence-electron chi connectivity index (χ0n) is 8.84. The molecule has 0 amide bonds. The zero-order valence-corrected chi connectivity index (χ0v) is 8.84. The van der Waals surface area contributed by atoms with E-state index in [0.717, 1.165) is 5.56 Å². The molecule has 0 saturated heterocycles. The van der Waals surface area contributed by atoms with Crippen molar-refractivity contribution < 1.29 is 13.9 Å². The lowest BCUT2D eigenvalue weighted by Gasteiger charge is -2.19. The van der Waals surface area contributed by atoms with E-state index >= 15 is 0 Å². The maximum Gasteiger partial charge on any atom is 0.231 e. The Balaban J connectivity index is 2.38. The number of nitrogens with two attached hydrogens (primary N) is 1. The van der Waals surface area contributed by atoms with Gasteiger partial charge in [-0.2, -0.15) is 0 Å². The molecule has 0 saturated carbocycles. The Kier molecular flexibility index (Phi) is 2.31. The molecule has 1 aromatic rings. The molecular weight excluding hydrogens is 197 g/mol. The average molecular weight is 211 g/mol. The number of benzene rings is 1. The molecule has 3 nitrogen and oxygen atoms in total. The van der Waals surface area contributed by atoms with Crippen LogP contribution in [-0.2, 0) is 6.42 Å². The summed E-state index contributed by atoms with van der Waals surface area (Å²) in [5, 5.41) is 0. The summed E-state index contributed by atoms with van der Waals surface area (Å²) in [6.07, 6.45) is 0.624. The molecule has 1 aromatic carbocycles. The van der Waals surface area contributed by atoms with Crippen LogP contribution >= 0.6 is 0 Å². The van der Waals surface area contributed by atoms with Gasteiger partial charge in [-0.1, -0.05) is 6.07 Å². The number of hydrogen-bond acceptors (Lipinski definition) is 3. The highest BCUT2D eigenvalue weighted by molar-refractivity contribution is 5.49. The Morgan fingerprint density at radius 3 is 2.67 bits per heavy atom. The summed E-state index contributed by atoms with van der Waals surface area (Å²) in [5.41, 5.74) is 6.45. The van der Waals surface area contributed by atoms with Gasteiger partial charge in [0.05, 0.1) is 0 Å². The summed E-state index contributed by atoms with van der Waals surface area (Å²) in [6.45, 7) is 3.91. The molecule has 1 heterocycles. The first kappa shape index (κ1) is 10.2. The second-order valence-corrected chi connectivity index (χ2v) is 4.44. The highest BCUT2D eigenvalue weighted by atomic mass is 19.1. The highest BCUT2D eigenvalue weighted by Crippen LogP contribution is 2.38. The van der Waals surface area contributed by atoms with E-state index in [-0.39, 0.29) is 23.9 Å². The van der Waals surface area contributed by atoms with Gasteiger partial charge in [0.15, 0.2) is 11.6 Å². The van der Waals surface area contributed by atoms with Crippen LogP contribution in [0.3, 0.4) is 0 Å². The van der Waals surface area contributed by atoms with E-state index in [1.165, 1.54) is 6.07 Å². The molecule has 82 valence electrons. The van der Waals surface area contributed by atoms with Crippen LogP contribution in [0.4, 0.5) is 4.39 Å². The van der Waals surface area contributed by atoms with E-state index in [0.29, 0.717) is 12.2 Å². The van der Waals surface area contributed by atoms with Crippen molar-refractivity contribution in [1.82, 2.24) is 0 Å². The summed E-state index contributed by atoms with van der Waals surface area (Å²) < 4.78 is 23.6. The lowest BCUT2D eigenvalue weighted by molar-refractivity contribution is 0.170. The Morgan fingerprint density at radius 1 is 1.33 bits per heavy atom. The van der Waals surface area contributed by atoms with Crippen molar-refractivity contribution in [2.24, 2.45) is 5.73 Å². The maximum absolute atomic E-state index is 13.3. The molecule has 0 spiro atoms. The fourth-order valence-electron chi connectivity index (χ4n) is 1.65. The second-order valence-electron chi connectivity index (χ2n) is 4.44. The third-order valence-electron chi connectivity index (χ3n) is 2.20. The predicted octanol–water partition coefficient (Wildman–Crippen LogP) is 1.83. The molecule has 0 unspecified atom stereocenters. The summed E-state index contributed by atoms with van der Waals surface area (Å²) in [5.74, 6) is 0.311. The van der Waals surface area contributed by atoms with Gasteiger partial charge in [0.2, 0.25) is 12.5 Å². The molecule has 0 bridgehead atoms. The molecule has 1 aliphatic heterocycles. The predicted molar refractivity (Wildman–Crippen MR) is 54.5 cm³/mol. The van der Waals surface area contributed by atoms with Crippen molar-refractivity contribution >= 4 is 0 Å². The first-order valence-electron chi connectivity index (χ1n) is 4.83. The van der Waals surface area contributed by atoms with Gasteiger partial charge in [-0.25, -0.2) is 4.39 Å². The van der Waals surface area contributed by atoms with Gasteiger partial charge < -0.3 is 15.2 Å². The van der Waals surface area contributed by atoms with Gasteiger partial charge in [0.1, 0.15) is 0 Å². The molecule has 0 atom stereocenters. The number of rotatable bonds is 2. The molecule has 0 aliphatic carbocycles. The minimum absolute atomic E-state index is 0.0776. The molecule has 15 heavy (non-hydrogen) atoms. The SMILES string of the molecule is CC(C)(N)Cc1ccc(F)c2c1OCO2. The smallest absolute Gasteiger partial charge is 0.231 e. The molecule has 2 rings (SSSR count). The molecule has 0 aromatic heterocycles. The van der Waals surface area contributed by atoms with E-state index in [2.05, 4.69) is 0 Å². The molecule has 4 heteroatoms. The van der Waals surface area contributed by atoms with Crippen molar-refractivity contribution in [2.75, 3.05) is 6.79 Å². The van der Waals surface area contributed by atoms with E-state index < -0.39 is 0 Å². The van der Waals surface area contributed by atoms with Crippen LogP contribution in [0.15, 0.2) is 12.1 Å². The van der Waals surface area contributed by atoms with Crippen LogP contribution < -0.4 is 15.2 Å². The Labute approximate surface area is 88.0 Å². The highest BCUT2D eigenvalue weighted by Gasteiger charge is 2.24. The minimum Gasteiger partial charge on any atom is -0.453 e. The van der Waals surface area contributed by atoms with E-state index in [1.807, 2.05) is 13.8 Å². The van der Waals surface area contributed by atoms with Crippen molar-refractivity contribution in [3.8, 4) is 11.5 Å². The quantitative estimate of drug-likeness (QED) is 0.811. The third-order valence-corrected chi connectivity index (χ3v) is 2.20. The first-order valence-corrected chi connectivity index (χ1v) is 4.83. The van der Waals surface area contributed by atoms with E-state index in [9.17, 15) is 4.39 Å². The first-order chi connectivity index (χ1) is 6.97. The molecule has 0 fully saturated rings. The van der Waals surface area contributed by atoms with Gasteiger partial charge in [0.25, 0.3) is 0 Å². The summed E-state index contributed by atoms with van der Waals surface area (Å²) >= 11 is 0. The van der Waals surface area contributed by atoms with E-state index in [4.69, 9.17) is 15.2 Å². The van der Waals surface area contributed by atoms with Gasteiger partial charge >= 0.3 is 0 Å². The molecular formula is C11H14FNO2. The fourth-order valence-corrected chi connectivity index (χ4v) is 1.65. The van der Waals surface area contributed by atoms with Crippen LogP contribution in [0.1, 0.15) is 19.4 Å². The maximum atomic E-state index is 13.3. The Hall–Kier alpha value is -1.29. The number of fused-ring (bicyclic) bond motifs is 1. The number of hydrogen-bond donors (Lipinski definition) is 1. The molecule has 1 aliphatic rings. The summed E-state index contributed by atoms with van der Waals surface area (Å²) in [7, 11) is 0. The van der Waals surface area contributed by atoms with Crippen molar-refractivity contribution in [1.29, 1.82) is 0 Å². The Bertz CT molecular complexity index is 385. The van der Waals surface area contributed by atoms with Gasteiger partial charge in [0, 0.05) is 11.1 Å². The standard InChI is InChI=1S/C11H14FNO2/c1-11(2,13)5-7-3-4-8(12)10-9(7)14-6-15-10/h3-4H,5-6,13H2,1-2H3. The molecule has 0 radical (unpaired) electrons. The lowest BCUT2D eigenvalue weighted by atomic mass is 9.95. The third kappa shape index (κ3) is 2.04. The van der Waals surface area contributed by atoms with Crippen LogP contribution in [-0.4, -0.2) is 12.3 Å². The number of ether oxygens (including phenoxy) is 2. The van der Waals surface area contributed by atoms with Gasteiger partial charge in [-0.3, -0.25) is 0 Å². The summed E-state index contributed by atoms with van der Waals surface area (Å²) in [4.78, 5) is 0. The monoisotopic (exact) mass is 211 g/mol. The van der Waals surface area contributed by atoms with Crippen molar-refractivity contribution in [3.63, 3.8) is 0 Å². The van der Waals surface area contributed by atoms with Crippen molar-refractivity contribution in [3.05, 3.63) is 23.5 Å². The zero-order chi connectivity index (χ0) is 11.1. The van der Waals surface area contributed by atoms with Crippen LogP contribution in [0.5, 0.6) is 11.5 Å². The summed E-state index contributed by atoms with van der Waals surface area (Å²) in [6, 6.07) is 3.08. The topological polar surface area (TPSA) is 44.5 Å². The van der Waals surface area contributed by atoms with Crippen molar-refractivity contribution in [2.45, 2.75) is 25.8 Å².